The predicted octanol–water partition coefficient (Wildman–Crippen LogP) is 2.13. The van der Waals surface area contributed by atoms with Crippen LogP contribution in [-0.4, -0.2) is 11.6 Å². The highest BCUT2D eigenvalue weighted by molar-refractivity contribution is 6.19. The molecule has 0 rings (SSSR count). The molecule has 0 radical (unpaired) electrons. The molecule has 0 spiro atoms. The second kappa shape index (κ2) is 3.77. The lowest BCUT2D eigenvalue weighted by molar-refractivity contribution is 0.590. The van der Waals surface area contributed by atoms with Crippen LogP contribution in [0.1, 0.15) is 20.8 Å². The van der Waals surface area contributed by atoms with Gasteiger partial charge in [-0.2, -0.15) is 0 Å². The normalized spacial score (nSPS) is 13.3. The fourth-order valence-corrected chi connectivity index (χ4v) is 0.518. The van der Waals surface area contributed by atoms with Gasteiger partial charge in [-0.25, -0.2) is 0 Å². The van der Waals surface area contributed by atoms with Crippen LogP contribution in [0.5, 0.6) is 0 Å². The summed E-state index contributed by atoms with van der Waals surface area (Å²) in [6.07, 6.45) is 1.62. The Balaban J connectivity index is 4.30. The molecule has 64 valence electrons. The first kappa shape index (κ1) is 10.5. The van der Waals surface area contributed by atoms with Gasteiger partial charge in [-0.3, -0.25) is 0 Å². The average Bonchev–Trinajstić information content (AvgIpc) is 1.85. The van der Waals surface area contributed by atoms with Gasteiger partial charge in [0.1, 0.15) is 0 Å². The number of hydrogen-bond acceptors (Lipinski definition) is 2. The summed E-state index contributed by atoms with van der Waals surface area (Å²) in [6, 6.07) is 0. The standard InChI is InChI=1S/C8H15ClN2/c1-8(2,3)7(11)4-6(10)5-9/h4,11H,5,10H2,1-3H3/b6-4-,11-7?. The zero-order chi connectivity index (χ0) is 9.07. The Hall–Kier alpha value is -0.500. The van der Waals surface area contributed by atoms with Crippen LogP contribution in [-0.2, 0) is 0 Å². The minimum absolute atomic E-state index is 0.142. The van der Waals surface area contributed by atoms with Gasteiger partial charge in [0.05, 0.1) is 5.88 Å². The lowest BCUT2D eigenvalue weighted by Crippen LogP contribution is -2.18. The Morgan fingerprint density at radius 1 is 1.55 bits per heavy atom. The molecule has 0 amide bonds. The number of nitrogens with one attached hydrogen (secondary N) is 1. The fraction of sp³-hybridized carbons (Fsp3) is 0.625. The Morgan fingerprint density at radius 2 is 2.00 bits per heavy atom. The summed E-state index contributed by atoms with van der Waals surface area (Å²) in [6.45, 7) is 5.90. The maximum absolute atomic E-state index is 7.56. The largest absolute Gasteiger partial charge is 0.401 e. The topological polar surface area (TPSA) is 49.9 Å². The van der Waals surface area contributed by atoms with E-state index in [0.29, 0.717) is 17.3 Å². The van der Waals surface area contributed by atoms with E-state index in [0.717, 1.165) is 0 Å². The monoisotopic (exact) mass is 174 g/mol. The summed E-state index contributed by atoms with van der Waals surface area (Å²) in [5, 5.41) is 7.56. The number of rotatable bonds is 2. The summed E-state index contributed by atoms with van der Waals surface area (Å²) in [5.74, 6) is 0.290. The van der Waals surface area contributed by atoms with E-state index in [1.54, 1.807) is 6.08 Å². The van der Waals surface area contributed by atoms with Gasteiger partial charge in [-0.1, -0.05) is 20.8 Å². The maximum atomic E-state index is 7.56. The van der Waals surface area contributed by atoms with Gasteiger partial charge in [0.2, 0.25) is 0 Å². The zero-order valence-corrected chi connectivity index (χ0v) is 8.00. The molecule has 0 heterocycles. The van der Waals surface area contributed by atoms with Gasteiger partial charge in [-0.05, 0) is 6.08 Å². The van der Waals surface area contributed by atoms with Crippen molar-refractivity contribution < 1.29 is 0 Å². The molecule has 0 aromatic heterocycles. The summed E-state index contributed by atoms with van der Waals surface area (Å²) in [5.41, 5.74) is 6.37. The molecule has 0 aliphatic carbocycles. The first-order valence-electron chi connectivity index (χ1n) is 3.49. The van der Waals surface area contributed by atoms with E-state index in [-0.39, 0.29) is 5.41 Å². The molecule has 0 unspecified atom stereocenters. The first-order valence-corrected chi connectivity index (χ1v) is 4.02. The van der Waals surface area contributed by atoms with Crippen molar-refractivity contribution in [1.82, 2.24) is 0 Å². The van der Waals surface area contributed by atoms with E-state index >= 15 is 0 Å². The van der Waals surface area contributed by atoms with Crippen molar-refractivity contribution in [2.75, 3.05) is 5.88 Å². The van der Waals surface area contributed by atoms with Crippen LogP contribution in [0.15, 0.2) is 11.8 Å². The molecule has 0 aromatic rings. The SMILES string of the molecule is CC(C)(C)C(=N)/C=C(\N)CCl. The van der Waals surface area contributed by atoms with E-state index in [1.165, 1.54) is 0 Å². The number of hydrogen-bond donors (Lipinski definition) is 2. The minimum Gasteiger partial charge on any atom is -0.401 e. The Morgan fingerprint density at radius 3 is 2.27 bits per heavy atom. The van der Waals surface area contributed by atoms with Crippen LogP contribution >= 0.6 is 11.6 Å². The van der Waals surface area contributed by atoms with Crippen LogP contribution in [0.2, 0.25) is 0 Å². The van der Waals surface area contributed by atoms with Gasteiger partial charge >= 0.3 is 0 Å². The molecule has 0 bridgehead atoms. The predicted molar refractivity (Wildman–Crippen MR) is 50.2 cm³/mol. The molecular formula is C8H15ClN2. The van der Waals surface area contributed by atoms with E-state index in [1.807, 2.05) is 20.8 Å². The van der Waals surface area contributed by atoms with Crippen molar-refractivity contribution in [1.29, 1.82) is 5.41 Å². The van der Waals surface area contributed by atoms with Crippen LogP contribution in [0.4, 0.5) is 0 Å². The highest BCUT2D eigenvalue weighted by Crippen LogP contribution is 2.15. The van der Waals surface area contributed by atoms with Crippen molar-refractivity contribution >= 4 is 17.3 Å². The smallest absolute Gasteiger partial charge is 0.0620 e. The third kappa shape index (κ3) is 4.04. The molecule has 0 fully saturated rings. The highest BCUT2D eigenvalue weighted by Gasteiger charge is 2.14. The molecular weight excluding hydrogens is 160 g/mol. The van der Waals surface area contributed by atoms with Crippen molar-refractivity contribution in [2.45, 2.75) is 20.8 Å². The molecule has 0 aliphatic rings. The highest BCUT2D eigenvalue weighted by atomic mass is 35.5. The van der Waals surface area contributed by atoms with E-state index in [2.05, 4.69) is 0 Å². The third-order valence-corrected chi connectivity index (χ3v) is 1.60. The van der Waals surface area contributed by atoms with Crippen molar-refractivity contribution in [2.24, 2.45) is 11.1 Å². The first-order chi connectivity index (χ1) is 4.88. The molecule has 2 nitrogen and oxygen atoms in total. The van der Waals surface area contributed by atoms with Gasteiger partial charge in [0.15, 0.2) is 0 Å². The lowest BCUT2D eigenvalue weighted by Gasteiger charge is -2.16. The van der Waals surface area contributed by atoms with Crippen molar-refractivity contribution in [3.05, 3.63) is 11.8 Å². The van der Waals surface area contributed by atoms with Crippen LogP contribution < -0.4 is 5.73 Å². The molecule has 0 saturated heterocycles. The molecule has 0 aromatic carbocycles. The Labute approximate surface area is 72.9 Å². The summed E-state index contributed by atoms with van der Waals surface area (Å²) in [7, 11) is 0. The zero-order valence-electron chi connectivity index (χ0n) is 7.24. The summed E-state index contributed by atoms with van der Waals surface area (Å²) >= 11 is 5.46. The van der Waals surface area contributed by atoms with Crippen molar-refractivity contribution in [3.8, 4) is 0 Å². The van der Waals surface area contributed by atoms with E-state index in [9.17, 15) is 0 Å². The number of alkyl halides is 1. The van der Waals surface area contributed by atoms with Crippen LogP contribution in [0.25, 0.3) is 0 Å². The van der Waals surface area contributed by atoms with Crippen LogP contribution in [0, 0.1) is 10.8 Å². The average molecular weight is 175 g/mol. The fourth-order valence-electron chi connectivity index (χ4n) is 0.440. The quantitative estimate of drug-likeness (QED) is 0.489. The van der Waals surface area contributed by atoms with Gasteiger partial charge in [0, 0.05) is 16.8 Å². The molecule has 0 saturated carbocycles. The van der Waals surface area contributed by atoms with Crippen molar-refractivity contribution in [3.63, 3.8) is 0 Å². The van der Waals surface area contributed by atoms with Gasteiger partial charge < -0.3 is 11.1 Å². The molecule has 0 aliphatic heterocycles. The maximum Gasteiger partial charge on any atom is 0.0620 e. The van der Waals surface area contributed by atoms with Gasteiger partial charge in [-0.15, -0.1) is 11.6 Å². The second-order valence-electron chi connectivity index (χ2n) is 3.52. The van der Waals surface area contributed by atoms with E-state index in [4.69, 9.17) is 22.7 Å². The lowest BCUT2D eigenvalue weighted by atomic mass is 9.89. The van der Waals surface area contributed by atoms with E-state index < -0.39 is 0 Å². The minimum atomic E-state index is -0.142. The molecule has 3 N–H and O–H groups in total. The summed E-state index contributed by atoms with van der Waals surface area (Å²) in [4.78, 5) is 0. The molecule has 11 heavy (non-hydrogen) atoms. The third-order valence-electron chi connectivity index (χ3n) is 1.29. The Bertz CT molecular complexity index is 177. The number of allylic oxidation sites excluding steroid dienone is 2. The molecule has 3 heteroatoms. The number of nitrogens with two attached hydrogens (primary N) is 1. The number of halogens is 1. The summed E-state index contributed by atoms with van der Waals surface area (Å²) < 4.78 is 0. The second-order valence-corrected chi connectivity index (χ2v) is 3.78. The Kier molecular flexibility index (Phi) is 3.59. The van der Waals surface area contributed by atoms with Gasteiger partial charge in [0.25, 0.3) is 0 Å². The molecule has 0 atom stereocenters. The van der Waals surface area contributed by atoms with Crippen LogP contribution in [0.3, 0.4) is 0 Å².